The molecule has 2 bridgehead atoms. The van der Waals surface area contributed by atoms with Crippen LogP contribution in [0.1, 0.15) is 51.5 Å². The number of fused-ring (bicyclic) bond motifs is 2. The molecule has 2 saturated heterocycles. The van der Waals surface area contributed by atoms with Crippen molar-refractivity contribution in [2.24, 2.45) is 5.92 Å². The third kappa shape index (κ3) is 4.01. The first-order valence-electron chi connectivity index (χ1n) is 9.02. The summed E-state index contributed by atoms with van der Waals surface area (Å²) in [6.07, 6.45) is 4.92. The molecule has 0 radical (unpaired) electrons. The molecule has 0 spiro atoms. The molecule has 2 fully saturated rings. The van der Waals surface area contributed by atoms with Crippen molar-refractivity contribution in [2.45, 2.75) is 70.8 Å². The first kappa shape index (κ1) is 17.5. The van der Waals surface area contributed by atoms with Gasteiger partial charge in [0.1, 0.15) is 12.8 Å². The summed E-state index contributed by atoms with van der Waals surface area (Å²) in [5.74, 6) is 1.70. The minimum atomic E-state index is -0.509. The Morgan fingerprint density at radius 1 is 1.21 bits per heavy atom. The van der Waals surface area contributed by atoms with Gasteiger partial charge in [-0.3, -0.25) is 0 Å². The molecule has 24 heavy (non-hydrogen) atoms. The number of nitrogens with zero attached hydrogens (tertiary/aromatic N) is 1. The Labute approximate surface area is 143 Å². The number of halogens is 1. The lowest BCUT2D eigenvalue weighted by Gasteiger charge is -2.44. The van der Waals surface area contributed by atoms with E-state index in [9.17, 15) is 9.60 Å². The highest BCUT2D eigenvalue weighted by Crippen LogP contribution is 2.37. The van der Waals surface area contributed by atoms with E-state index in [1.54, 1.807) is 12.1 Å². The normalized spacial score (nSPS) is 27.3. The maximum Gasteiger partial charge on any atom is 0.161 e. The predicted molar refractivity (Wildman–Crippen MR) is 90.3 cm³/mol. The van der Waals surface area contributed by atoms with Crippen LogP contribution in [0, 0.1) is 5.92 Å². The van der Waals surface area contributed by atoms with Gasteiger partial charge in [-0.1, -0.05) is 26.3 Å². The highest BCUT2D eigenvalue weighted by Gasteiger charge is 2.38. The van der Waals surface area contributed by atoms with Gasteiger partial charge in [0.2, 0.25) is 0 Å². The van der Waals surface area contributed by atoms with Crippen LogP contribution in [0.15, 0.2) is 18.2 Å². The van der Waals surface area contributed by atoms with E-state index in [-0.39, 0.29) is 18.2 Å². The van der Waals surface area contributed by atoms with Crippen molar-refractivity contribution in [2.75, 3.05) is 6.61 Å². The first-order chi connectivity index (χ1) is 11.6. The Morgan fingerprint density at radius 2 is 1.92 bits per heavy atom. The molecule has 2 aliphatic rings. The van der Waals surface area contributed by atoms with E-state index in [1.165, 1.54) is 11.5 Å². The van der Waals surface area contributed by atoms with Crippen LogP contribution < -0.4 is 9.47 Å². The number of hydrogen-bond donors (Lipinski definition) is 1. The van der Waals surface area contributed by atoms with Crippen molar-refractivity contribution in [1.29, 1.82) is 0 Å². The number of hydrogen-bond acceptors (Lipinski definition) is 4. The molecule has 0 aliphatic carbocycles. The van der Waals surface area contributed by atoms with Crippen LogP contribution in [-0.4, -0.2) is 35.1 Å². The maximum absolute atomic E-state index is 13.0. The lowest BCUT2D eigenvalue weighted by Crippen LogP contribution is -2.52. The van der Waals surface area contributed by atoms with Gasteiger partial charge in [-0.05, 0) is 36.5 Å². The highest BCUT2D eigenvalue weighted by molar-refractivity contribution is 5.43. The van der Waals surface area contributed by atoms with E-state index < -0.39 is 6.67 Å². The topological polar surface area (TPSA) is 41.9 Å². The average molecular weight is 337 g/mol. The quantitative estimate of drug-likeness (QED) is 0.838. The largest absolute Gasteiger partial charge is 0.489 e. The fraction of sp³-hybridized carbons (Fsp3) is 0.684. The lowest BCUT2D eigenvalue weighted by atomic mass is 9.85. The Morgan fingerprint density at radius 3 is 2.54 bits per heavy atom. The van der Waals surface area contributed by atoms with E-state index in [4.69, 9.17) is 9.47 Å². The van der Waals surface area contributed by atoms with Crippen LogP contribution in [0.25, 0.3) is 0 Å². The van der Waals surface area contributed by atoms with E-state index in [2.05, 4.69) is 13.8 Å². The molecule has 2 heterocycles. The number of alkyl halides is 1. The Balaban J connectivity index is 1.71. The molecule has 3 rings (SSSR count). The second-order valence-corrected chi connectivity index (χ2v) is 7.45. The monoisotopic (exact) mass is 337 g/mol. The van der Waals surface area contributed by atoms with E-state index in [0.717, 1.165) is 25.7 Å². The van der Waals surface area contributed by atoms with Gasteiger partial charge < -0.3 is 14.7 Å². The number of hydroxylamine groups is 2. The molecule has 4 nitrogen and oxygen atoms in total. The summed E-state index contributed by atoms with van der Waals surface area (Å²) < 4.78 is 25.0. The zero-order valence-corrected chi connectivity index (χ0v) is 14.6. The van der Waals surface area contributed by atoms with Crippen molar-refractivity contribution in [3.63, 3.8) is 0 Å². The number of rotatable bonds is 6. The van der Waals surface area contributed by atoms with Gasteiger partial charge in [0.15, 0.2) is 11.5 Å². The smallest absolute Gasteiger partial charge is 0.161 e. The summed E-state index contributed by atoms with van der Waals surface area (Å²) in [7, 11) is 0. The van der Waals surface area contributed by atoms with Crippen LogP contribution in [0.4, 0.5) is 4.39 Å². The standard InChI is InChI=1S/C19H28FNO3/c1-13(2)12-23-19-8-14(11-20)6-7-18(19)24-17-9-15-4-3-5-16(10-17)21(15)22/h6-8,13,15-17,22H,3-5,9-12H2,1-2H3/t15-,16+,17?. The fourth-order valence-electron chi connectivity index (χ4n) is 3.68. The molecule has 2 aliphatic heterocycles. The van der Waals surface area contributed by atoms with Crippen LogP contribution in [0.2, 0.25) is 0 Å². The second-order valence-electron chi connectivity index (χ2n) is 7.45. The molecule has 1 aromatic carbocycles. The first-order valence-corrected chi connectivity index (χ1v) is 9.02. The number of benzene rings is 1. The summed E-state index contributed by atoms with van der Waals surface area (Å²) in [5, 5.41) is 11.7. The fourth-order valence-corrected chi connectivity index (χ4v) is 3.68. The number of ether oxygens (including phenoxy) is 2. The molecule has 5 heteroatoms. The summed E-state index contributed by atoms with van der Waals surface area (Å²) in [6.45, 7) is 4.23. The summed E-state index contributed by atoms with van der Waals surface area (Å²) in [5.41, 5.74) is 0.600. The number of piperidine rings is 2. The van der Waals surface area contributed by atoms with Gasteiger partial charge in [0.25, 0.3) is 0 Å². The molecule has 134 valence electrons. The lowest BCUT2D eigenvalue weighted by molar-refractivity contribution is -0.207. The van der Waals surface area contributed by atoms with Crippen LogP contribution in [0.3, 0.4) is 0 Å². The molecule has 1 aromatic rings. The molecule has 1 N–H and O–H groups in total. The predicted octanol–water partition coefficient (Wildman–Crippen LogP) is 4.34. The van der Waals surface area contributed by atoms with Gasteiger partial charge in [-0.15, -0.1) is 0 Å². The summed E-state index contributed by atoms with van der Waals surface area (Å²) in [4.78, 5) is 0. The molecule has 1 unspecified atom stereocenters. The van der Waals surface area contributed by atoms with Gasteiger partial charge in [-0.2, -0.15) is 5.06 Å². The molecule has 3 atom stereocenters. The van der Waals surface area contributed by atoms with Crippen LogP contribution in [-0.2, 0) is 6.67 Å². The zero-order chi connectivity index (χ0) is 17.1. The Hall–Kier alpha value is -1.33. The zero-order valence-electron chi connectivity index (χ0n) is 14.6. The van der Waals surface area contributed by atoms with Gasteiger partial charge in [0, 0.05) is 24.9 Å². The van der Waals surface area contributed by atoms with Crippen molar-refractivity contribution < 1.29 is 19.1 Å². The van der Waals surface area contributed by atoms with Crippen molar-refractivity contribution in [3.8, 4) is 11.5 Å². The van der Waals surface area contributed by atoms with Crippen molar-refractivity contribution >= 4 is 0 Å². The van der Waals surface area contributed by atoms with E-state index in [1.807, 2.05) is 6.07 Å². The molecular formula is C19H28FNO3. The van der Waals surface area contributed by atoms with Gasteiger partial charge >= 0.3 is 0 Å². The van der Waals surface area contributed by atoms with Gasteiger partial charge in [-0.25, -0.2) is 4.39 Å². The van der Waals surface area contributed by atoms with Crippen LogP contribution in [0.5, 0.6) is 11.5 Å². The van der Waals surface area contributed by atoms with Crippen molar-refractivity contribution in [3.05, 3.63) is 23.8 Å². The molecule has 0 aromatic heterocycles. The molecule has 0 amide bonds. The Kier molecular flexibility index (Phi) is 5.61. The van der Waals surface area contributed by atoms with Crippen molar-refractivity contribution in [1.82, 2.24) is 5.06 Å². The minimum absolute atomic E-state index is 0.0707. The minimum Gasteiger partial charge on any atom is -0.489 e. The third-order valence-corrected chi connectivity index (χ3v) is 4.92. The Bertz CT molecular complexity index is 537. The summed E-state index contributed by atoms with van der Waals surface area (Å²) in [6, 6.07) is 5.67. The summed E-state index contributed by atoms with van der Waals surface area (Å²) >= 11 is 0. The average Bonchev–Trinajstić information content (AvgIpc) is 2.54. The van der Waals surface area contributed by atoms with E-state index in [0.29, 0.717) is 29.6 Å². The maximum atomic E-state index is 13.0. The molecule has 0 saturated carbocycles. The van der Waals surface area contributed by atoms with Crippen LogP contribution >= 0.6 is 0 Å². The van der Waals surface area contributed by atoms with E-state index >= 15 is 0 Å². The SMILES string of the molecule is CC(C)COc1cc(CF)ccc1OC1C[C@H]2CCC[C@@H](C1)N2O. The molecular weight excluding hydrogens is 309 g/mol. The van der Waals surface area contributed by atoms with Gasteiger partial charge in [0.05, 0.1) is 6.61 Å². The third-order valence-electron chi connectivity index (χ3n) is 4.92. The highest BCUT2D eigenvalue weighted by atomic mass is 19.1. The second kappa shape index (κ2) is 7.70.